The molecule has 3 heterocycles. The first-order valence-electron chi connectivity index (χ1n) is 11.0. The summed E-state index contributed by atoms with van der Waals surface area (Å²) >= 11 is 10.0. The van der Waals surface area contributed by atoms with E-state index in [9.17, 15) is 4.79 Å². The molecule has 5 rings (SSSR count). The summed E-state index contributed by atoms with van der Waals surface area (Å²) in [5, 5.41) is 13.2. The topological polar surface area (TPSA) is 107 Å². The predicted octanol–water partition coefficient (Wildman–Crippen LogP) is 4.12. The number of nitrogens with one attached hydrogen (secondary N) is 2. The molecule has 0 aliphatic heterocycles. The van der Waals surface area contributed by atoms with E-state index >= 15 is 0 Å². The summed E-state index contributed by atoms with van der Waals surface area (Å²) in [5.41, 5.74) is 2.16. The number of amides is 1. The molecule has 0 saturated heterocycles. The Kier molecular flexibility index (Phi) is 6.62. The Bertz CT molecular complexity index is 1360. The van der Waals surface area contributed by atoms with Gasteiger partial charge in [0, 0.05) is 43.4 Å². The third-order valence-electron chi connectivity index (χ3n) is 6.01. The van der Waals surface area contributed by atoms with Crippen LogP contribution in [0.25, 0.3) is 27.6 Å². The van der Waals surface area contributed by atoms with Gasteiger partial charge in [-0.1, -0.05) is 17.7 Å². The molecular weight excluding hydrogens is 522 g/mol. The normalized spacial score (nSPS) is 18.0. The van der Waals surface area contributed by atoms with Crippen molar-refractivity contribution < 1.29 is 9.53 Å². The average Bonchev–Trinajstić information content (AvgIpc) is 3.43. The van der Waals surface area contributed by atoms with Gasteiger partial charge in [0.15, 0.2) is 5.65 Å². The Balaban J connectivity index is 1.38. The molecule has 0 bridgehead atoms. The molecule has 0 unspecified atom stereocenters. The minimum atomic E-state index is -0.0221. The molecule has 1 aliphatic rings. The van der Waals surface area contributed by atoms with Crippen molar-refractivity contribution in [2.75, 3.05) is 25.6 Å². The Morgan fingerprint density at radius 3 is 3.06 bits per heavy atom. The number of carbonyl (C=O) groups is 1. The smallest absolute Gasteiger partial charge is 0.224 e. The van der Waals surface area contributed by atoms with E-state index in [-0.39, 0.29) is 17.9 Å². The average molecular weight is 545 g/mol. The predicted molar refractivity (Wildman–Crippen MR) is 134 cm³/mol. The van der Waals surface area contributed by atoms with E-state index in [1.807, 2.05) is 24.3 Å². The highest BCUT2D eigenvalue weighted by Gasteiger charge is 2.30. The number of halogens is 2. The largest absolute Gasteiger partial charge is 0.383 e. The maximum absolute atomic E-state index is 12.4. The van der Waals surface area contributed by atoms with Crippen LogP contribution in [0, 0.1) is 5.92 Å². The van der Waals surface area contributed by atoms with Crippen molar-refractivity contribution in [1.29, 1.82) is 0 Å². The molecule has 1 aliphatic carbocycles. The van der Waals surface area contributed by atoms with Crippen LogP contribution in [-0.4, -0.2) is 56.9 Å². The summed E-state index contributed by atoms with van der Waals surface area (Å²) < 4.78 is 7.38. The summed E-state index contributed by atoms with van der Waals surface area (Å²) in [6.45, 7) is 1.04. The van der Waals surface area contributed by atoms with Gasteiger partial charge in [-0.2, -0.15) is 10.1 Å². The van der Waals surface area contributed by atoms with Gasteiger partial charge in [-0.3, -0.25) is 9.78 Å². The maximum Gasteiger partial charge on any atom is 0.224 e. The molecule has 2 atom stereocenters. The van der Waals surface area contributed by atoms with Crippen LogP contribution in [0.5, 0.6) is 0 Å². The number of hydrogen-bond donors (Lipinski definition) is 2. The molecule has 9 nitrogen and oxygen atoms in total. The summed E-state index contributed by atoms with van der Waals surface area (Å²) in [5.74, 6) is 0.550. The number of pyridine rings is 1. The quantitative estimate of drug-likeness (QED) is 0.337. The lowest BCUT2D eigenvalue weighted by molar-refractivity contribution is -0.125. The number of fused-ring (bicyclic) bond motifs is 2. The zero-order valence-electron chi connectivity index (χ0n) is 18.5. The third kappa shape index (κ3) is 4.57. The van der Waals surface area contributed by atoms with Gasteiger partial charge in [0.05, 0.1) is 28.2 Å². The van der Waals surface area contributed by atoms with Crippen molar-refractivity contribution in [2.45, 2.75) is 25.3 Å². The highest BCUT2D eigenvalue weighted by molar-refractivity contribution is 9.10. The van der Waals surface area contributed by atoms with Gasteiger partial charge in [0.2, 0.25) is 11.9 Å². The minimum Gasteiger partial charge on any atom is -0.383 e. The molecule has 1 saturated carbocycles. The van der Waals surface area contributed by atoms with E-state index in [4.69, 9.17) is 21.3 Å². The number of anilines is 1. The highest BCUT2D eigenvalue weighted by Crippen LogP contribution is 2.31. The number of rotatable bonds is 7. The highest BCUT2D eigenvalue weighted by atomic mass is 79.9. The fraction of sp³-hybridized carbons (Fsp3) is 0.348. The monoisotopic (exact) mass is 543 g/mol. The first kappa shape index (κ1) is 22.9. The number of nitrogens with zero attached hydrogens (tertiary/aromatic N) is 5. The number of ether oxygens (including phenoxy) is 1. The van der Waals surface area contributed by atoms with Crippen LogP contribution in [0.2, 0.25) is 5.02 Å². The number of benzene rings is 1. The Morgan fingerprint density at radius 1 is 1.32 bits per heavy atom. The molecule has 34 heavy (non-hydrogen) atoms. The second kappa shape index (κ2) is 9.81. The molecule has 4 aromatic rings. The summed E-state index contributed by atoms with van der Waals surface area (Å²) in [6, 6.07) is 7.76. The van der Waals surface area contributed by atoms with E-state index < -0.39 is 0 Å². The van der Waals surface area contributed by atoms with Gasteiger partial charge in [-0.05, 0) is 53.4 Å². The van der Waals surface area contributed by atoms with E-state index in [0.717, 1.165) is 41.2 Å². The van der Waals surface area contributed by atoms with Gasteiger partial charge in [-0.25, -0.2) is 9.67 Å². The Morgan fingerprint density at radius 2 is 2.21 bits per heavy atom. The van der Waals surface area contributed by atoms with E-state index in [2.05, 4.69) is 41.6 Å². The van der Waals surface area contributed by atoms with E-state index in [1.165, 1.54) is 0 Å². The van der Waals surface area contributed by atoms with Crippen LogP contribution in [-0.2, 0) is 9.53 Å². The van der Waals surface area contributed by atoms with Gasteiger partial charge < -0.3 is 15.4 Å². The lowest BCUT2D eigenvalue weighted by atomic mass is 10.1. The maximum atomic E-state index is 12.4. The molecule has 3 aromatic heterocycles. The van der Waals surface area contributed by atoms with Gasteiger partial charge in [0.25, 0.3) is 0 Å². The van der Waals surface area contributed by atoms with Crippen LogP contribution in [0.4, 0.5) is 5.95 Å². The molecule has 0 radical (unpaired) electrons. The minimum absolute atomic E-state index is 0.0221. The zero-order chi connectivity index (χ0) is 23.7. The molecule has 0 spiro atoms. The molecule has 176 valence electrons. The van der Waals surface area contributed by atoms with Crippen LogP contribution in [0.3, 0.4) is 0 Å². The van der Waals surface area contributed by atoms with Crippen LogP contribution in [0.15, 0.2) is 41.3 Å². The SMILES string of the molecule is COCCNC(=O)[C@@H]1CC[C@@H](Nc2ncc3c(Br)nn(-c4cc(Cl)c5ncccc5c4)c3n2)C1. The Labute approximate surface area is 209 Å². The fourth-order valence-electron chi connectivity index (χ4n) is 4.33. The number of aromatic nitrogens is 5. The van der Waals surface area contributed by atoms with Crippen molar-refractivity contribution in [2.24, 2.45) is 5.92 Å². The molecule has 1 aromatic carbocycles. The zero-order valence-corrected chi connectivity index (χ0v) is 20.8. The summed E-state index contributed by atoms with van der Waals surface area (Å²) in [6.07, 6.45) is 5.89. The van der Waals surface area contributed by atoms with Crippen LogP contribution >= 0.6 is 27.5 Å². The van der Waals surface area contributed by atoms with Crippen molar-refractivity contribution in [3.8, 4) is 5.69 Å². The van der Waals surface area contributed by atoms with Crippen molar-refractivity contribution in [3.63, 3.8) is 0 Å². The number of carbonyl (C=O) groups excluding carboxylic acids is 1. The lowest BCUT2D eigenvalue weighted by Gasteiger charge is -2.14. The first-order valence-corrected chi connectivity index (χ1v) is 12.2. The second-order valence-corrected chi connectivity index (χ2v) is 9.43. The Hall–Kier alpha value is -2.82. The molecule has 11 heteroatoms. The van der Waals surface area contributed by atoms with Crippen molar-refractivity contribution in [1.82, 2.24) is 30.0 Å². The molecule has 1 amide bonds. The first-order chi connectivity index (χ1) is 16.5. The van der Waals surface area contributed by atoms with Gasteiger partial charge >= 0.3 is 0 Å². The van der Waals surface area contributed by atoms with Gasteiger partial charge in [0.1, 0.15) is 4.60 Å². The third-order valence-corrected chi connectivity index (χ3v) is 6.88. The number of hydrogen-bond acceptors (Lipinski definition) is 7. The molecular formula is C23H23BrClN7O2. The number of methoxy groups -OCH3 is 1. The van der Waals surface area contributed by atoms with Crippen molar-refractivity contribution >= 4 is 61.3 Å². The molecule has 1 fully saturated rings. The van der Waals surface area contributed by atoms with E-state index in [1.54, 1.807) is 24.2 Å². The summed E-state index contributed by atoms with van der Waals surface area (Å²) in [4.78, 5) is 25.9. The van der Waals surface area contributed by atoms with Crippen molar-refractivity contribution in [3.05, 3.63) is 46.3 Å². The lowest BCUT2D eigenvalue weighted by Crippen LogP contribution is -2.32. The van der Waals surface area contributed by atoms with E-state index in [0.29, 0.717) is 34.4 Å². The summed E-state index contributed by atoms with van der Waals surface area (Å²) in [7, 11) is 1.62. The van der Waals surface area contributed by atoms with Crippen LogP contribution < -0.4 is 10.6 Å². The van der Waals surface area contributed by atoms with Crippen LogP contribution in [0.1, 0.15) is 19.3 Å². The standard InChI is InChI=1S/C23H23BrClN7O2/c1-34-8-7-27-22(33)14-4-5-15(9-14)29-23-28-12-17-20(24)31-32(21(17)30-23)16-10-13-3-2-6-26-19(13)18(25)11-16/h2-3,6,10-12,14-15H,4-5,7-9H2,1H3,(H,27,33)(H,28,29,30)/t14-,15-/m1/s1. The van der Waals surface area contributed by atoms with Gasteiger partial charge in [-0.15, -0.1) is 0 Å². The fourth-order valence-corrected chi connectivity index (χ4v) is 5.04. The second-order valence-electron chi connectivity index (χ2n) is 8.27. The molecule has 2 N–H and O–H groups in total.